The van der Waals surface area contributed by atoms with E-state index >= 15 is 0 Å². The zero-order valence-corrected chi connectivity index (χ0v) is 11.5. The summed E-state index contributed by atoms with van der Waals surface area (Å²) in [7, 11) is 0. The van der Waals surface area contributed by atoms with Crippen molar-refractivity contribution in [2.45, 2.75) is 37.8 Å². The standard InChI is InChI=1S/C14H17F4NO2/c1-9-13(20,2-3-21-9)8-19-7-10-4-11(14(16,17)18)6-12(15)5-10/h4-6,9,19-20H,2-3,7-8H2,1H3. The SMILES string of the molecule is CC1OCCC1(O)CNCc1cc(F)cc(C(F)(F)F)c1. The van der Waals surface area contributed by atoms with Gasteiger partial charge in [-0.1, -0.05) is 0 Å². The topological polar surface area (TPSA) is 41.5 Å². The van der Waals surface area contributed by atoms with Crippen LogP contribution in [0.25, 0.3) is 0 Å². The van der Waals surface area contributed by atoms with Gasteiger partial charge in [0.1, 0.15) is 11.4 Å². The smallest absolute Gasteiger partial charge is 0.386 e. The Labute approximate surface area is 119 Å². The summed E-state index contributed by atoms with van der Waals surface area (Å²) in [5, 5.41) is 13.1. The molecule has 0 saturated carbocycles. The fourth-order valence-electron chi connectivity index (χ4n) is 2.34. The summed E-state index contributed by atoms with van der Waals surface area (Å²) in [4.78, 5) is 0. The van der Waals surface area contributed by atoms with Crippen LogP contribution in [0.15, 0.2) is 18.2 Å². The van der Waals surface area contributed by atoms with E-state index in [9.17, 15) is 22.7 Å². The van der Waals surface area contributed by atoms with Crippen molar-refractivity contribution < 1.29 is 27.4 Å². The average Bonchev–Trinajstić information content (AvgIpc) is 2.68. The van der Waals surface area contributed by atoms with Crippen LogP contribution in [0.4, 0.5) is 17.6 Å². The molecule has 1 saturated heterocycles. The van der Waals surface area contributed by atoms with Gasteiger partial charge in [0.2, 0.25) is 0 Å². The number of benzene rings is 1. The van der Waals surface area contributed by atoms with Crippen molar-refractivity contribution in [3.8, 4) is 0 Å². The van der Waals surface area contributed by atoms with Crippen molar-refractivity contribution in [2.24, 2.45) is 0 Å². The number of hydrogen-bond acceptors (Lipinski definition) is 3. The zero-order valence-electron chi connectivity index (χ0n) is 11.5. The third-order valence-corrected chi connectivity index (χ3v) is 3.70. The molecule has 1 aliphatic heterocycles. The Bertz CT molecular complexity index is 506. The van der Waals surface area contributed by atoms with Gasteiger partial charge in [0, 0.05) is 26.1 Å². The van der Waals surface area contributed by atoms with E-state index < -0.39 is 23.2 Å². The monoisotopic (exact) mass is 307 g/mol. The van der Waals surface area contributed by atoms with Gasteiger partial charge < -0.3 is 15.2 Å². The van der Waals surface area contributed by atoms with Crippen LogP contribution >= 0.6 is 0 Å². The number of ether oxygens (including phenoxy) is 1. The molecule has 0 amide bonds. The van der Waals surface area contributed by atoms with E-state index in [0.29, 0.717) is 19.1 Å². The second-order valence-corrected chi connectivity index (χ2v) is 5.32. The molecule has 2 atom stereocenters. The van der Waals surface area contributed by atoms with Crippen LogP contribution in [0.5, 0.6) is 0 Å². The van der Waals surface area contributed by atoms with E-state index in [0.717, 1.165) is 12.1 Å². The first-order valence-electron chi connectivity index (χ1n) is 6.62. The van der Waals surface area contributed by atoms with Gasteiger partial charge in [-0.3, -0.25) is 0 Å². The van der Waals surface area contributed by atoms with Crippen molar-refractivity contribution >= 4 is 0 Å². The third-order valence-electron chi connectivity index (χ3n) is 3.70. The van der Waals surface area contributed by atoms with Gasteiger partial charge in [-0.05, 0) is 30.7 Å². The molecule has 0 radical (unpaired) electrons. The molecule has 0 bridgehead atoms. The van der Waals surface area contributed by atoms with E-state index in [4.69, 9.17) is 4.74 Å². The first kappa shape index (κ1) is 16.2. The van der Waals surface area contributed by atoms with E-state index in [2.05, 4.69) is 5.32 Å². The largest absolute Gasteiger partial charge is 0.416 e. The molecule has 1 aromatic rings. The molecule has 3 nitrogen and oxygen atoms in total. The van der Waals surface area contributed by atoms with Crippen LogP contribution in [0, 0.1) is 5.82 Å². The lowest BCUT2D eigenvalue weighted by Crippen LogP contribution is -2.45. The molecule has 1 fully saturated rings. The van der Waals surface area contributed by atoms with Crippen molar-refractivity contribution in [3.63, 3.8) is 0 Å². The summed E-state index contributed by atoms with van der Waals surface area (Å²) in [5.74, 6) is -0.932. The molecule has 21 heavy (non-hydrogen) atoms. The van der Waals surface area contributed by atoms with Gasteiger partial charge in [-0.15, -0.1) is 0 Å². The van der Waals surface area contributed by atoms with Crippen LogP contribution < -0.4 is 5.32 Å². The van der Waals surface area contributed by atoms with Crippen LogP contribution in [0.2, 0.25) is 0 Å². The van der Waals surface area contributed by atoms with E-state index in [-0.39, 0.29) is 24.8 Å². The van der Waals surface area contributed by atoms with Crippen molar-refractivity contribution in [1.82, 2.24) is 5.32 Å². The zero-order chi connectivity index (χ0) is 15.7. The number of rotatable bonds is 4. The molecule has 1 heterocycles. The Morgan fingerprint density at radius 3 is 2.67 bits per heavy atom. The summed E-state index contributed by atoms with van der Waals surface area (Å²) in [5.41, 5.74) is -1.88. The minimum atomic E-state index is -4.58. The maximum Gasteiger partial charge on any atom is 0.416 e. The van der Waals surface area contributed by atoms with Crippen LogP contribution in [0.3, 0.4) is 0 Å². The minimum Gasteiger partial charge on any atom is -0.386 e. The maximum atomic E-state index is 13.2. The Morgan fingerprint density at radius 1 is 1.38 bits per heavy atom. The quantitative estimate of drug-likeness (QED) is 0.840. The van der Waals surface area contributed by atoms with Gasteiger partial charge in [0.25, 0.3) is 0 Å². The van der Waals surface area contributed by atoms with Gasteiger partial charge in [0.05, 0.1) is 11.7 Å². The molecule has 118 valence electrons. The number of nitrogens with one attached hydrogen (secondary N) is 1. The number of aliphatic hydroxyl groups is 1. The molecule has 1 aromatic carbocycles. The number of alkyl halides is 3. The van der Waals surface area contributed by atoms with Gasteiger partial charge in [-0.2, -0.15) is 13.2 Å². The molecular formula is C14H17F4NO2. The molecule has 2 N–H and O–H groups in total. The molecule has 0 aliphatic carbocycles. The van der Waals surface area contributed by atoms with Gasteiger partial charge in [-0.25, -0.2) is 4.39 Å². The molecular weight excluding hydrogens is 290 g/mol. The highest BCUT2D eigenvalue weighted by molar-refractivity contribution is 5.26. The van der Waals surface area contributed by atoms with E-state index in [1.54, 1.807) is 6.92 Å². The fraction of sp³-hybridized carbons (Fsp3) is 0.571. The summed E-state index contributed by atoms with van der Waals surface area (Å²) in [6, 6.07) is 2.40. The van der Waals surface area contributed by atoms with Crippen LogP contribution in [-0.2, 0) is 17.5 Å². The number of halogens is 4. The highest BCUT2D eigenvalue weighted by Crippen LogP contribution is 2.30. The maximum absolute atomic E-state index is 13.2. The first-order valence-corrected chi connectivity index (χ1v) is 6.62. The van der Waals surface area contributed by atoms with Crippen LogP contribution in [-0.4, -0.2) is 30.0 Å². The normalized spacial score (nSPS) is 26.3. The summed E-state index contributed by atoms with van der Waals surface area (Å²) < 4.78 is 56.2. The minimum absolute atomic E-state index is 0.0376. The Hall–Kier alpha value is -1.18. The van der Waals surface area contributed by atoms with Gasteiger partial charge >= 0.3 is 6.18 Å². The summed E-state index contributed by atoms with van der Waals surface area (Å²) in [6.45, 7) is 2.39. The third kappa shape index (κ3) is 3.93. The van der Waals surface area contributed by atoms with Crippen LogP contribution in [0.1, 0.15) is 24.5 Å². The summed E-state index contributed by atoms with van der Waals surface area (Å²) in [6.07, 6.45) is -4.47. The van der Waals surface area contributed by atoms with Crippen molar-refractivity contribution in [1.29, 1.82) is 0 Å². The molecule has 7 heteroatoms. The van der Waals surface area contributed by atoms with Crippen molar-refractivity contribution in [2.75, 3.05) is 13.2 Å². The fourth-order valence-corrected chi connectivity index (χ4v) is 2.34. The predicted octanol–water partition coefficient (Wildman–Crippen LogP) is 2.47. The highest BCUT2D eigenvalue weighted by Gasteiger charge is 2.39. The van der Waals surface area contributed by atoms with E-state index in [1.165, 1.54) is 0 Å². The molecule has 1 aliphatic rings. The lowest BCUT2D eigenvalue weighted by atomic mass is 9.96. The Kier molecular flexibility index (Phi) is 4.55. The molecule has 0 spiro atoms. The Morgan fingerprint density at radius 2 is 2.10 bits per heavy atom. The average molecular weight is 307 g/mol. The predicted molar refractivity (Wildman–Crippen MR) is 68.1 cm³/mol. The highest BCUT2D eigenvalue weighted by atomic mass is 19.4. The second kappa shape index (κ2) is 5.90. The second-order valence-electron chi connectivity index (χ2n) is 5.32. The lowest BCUT2D eigenvalue weighted by Gasteiger charge is -2.26. The van der Waals surface area contributed by atoms with Gasteiger partial charge in [0.15, 0.2) is 0 Å². The van der Waals surface area contributed by atoms with Crippen molar-refractivity contribution in [3.05, 3.63) is 35.1 Å². The molecule has 0 aromatic heterocycles. The van der Waals surface area contributed by atoms with E-state index in [1.807, 2.05) is 0 Å². The molecule has 2 unspecified atom stereocenters. The number of hydrogen-bond donors (Lipinski definition) is 2. The lowest BCUT2D eigenvalue weighted by molar-refractivity contribution is -0.137. The molecule has 2 rings (SSSR count). The summed E-state index contributed by atoms with van der Waals surface area (Å²) >= 11 is 0. The Balaban J connectivity index is 1.99. The first-order chi connectivity index (χ1) is 9.71.